The van der Waals surface area contributed by atoms with Gasteiger partial charge < -0.3 is 13.7 Å². The van der Waals surface area contributed by atoms with Gasteiger partial charge in [-0.05, 0) is 67.2 Å². The minimum atomic E-state index is -2.06. The maximum Gasteiger partial charge on any atom is 0.250 e. The average molecular weight is 514 g/mol. The zero-order chi connectivity index (χ0) is 27.2. The highest BCUT2D eigenvalue weighted by atomic mass is 28.4. The molecule has 0 unspecified atom stereocenters. The van der Waals surface area contributed by atoms with E-state index < -0.39 is 8.32 Å². The first kappa shape index (κ1) is 27.1. The Labute approximate surface area is 224 Å². The topological polar surface area (TPSA) is 23.4 Å². The minimum absolute atomic E-state index is 0.0162. The predicted molar refractivity (Wildman–Crippen MR) is 160 cm³/mol. The predicted octanol–water partition coefficient (Wildman–Crippen LogP) is 9.78. The lowest BCUT2D eigenvalue weighted by atomic mass is 9.85. The van der Waals surface area contributed by atoms with Crippen molar-refractivity contribution < 1.29 is 9.16 Å². The quantitative estimate of drug-likeness (QED) is 0.239. The first-order valence-electron chi connectivity index (χ1n) is 13.3. The van der Waals surface area contributed by atoms with E-state index in [0.29, 0.717) is 0 Å². The molecule has 0 N–H and O–H groups in total. The fourth-order valence-electron chi connectivity index (χ4n) is 4.45. The fourth-order valence-corrected chi connectivity index (χ4v) is 5.52. The van der Waals surface area contributed by atoms with Crippen molar-refractivity contribution in [2.45, 2.75) is 85.5 Å². The van der Waals surface area contributed by atoms with Crippen molar-refractivity contribution in [1.29, 1.82) is 0 Å². The van der Waals surface area contributed by atoms with Gasteiger partial charge in [-0.1, -0.05) is 89.6 Å². The normalized spacial score (nSPS) is 12.7. The summed E-state index contributed by atoms with van der Waals surface area (Å²) in [6.07, 6.45) is 0. The highest BCUT2D eigenvalue weighted by Gasteiger charge is 2.40. The van der Waals surface area contributed by atoms with Crippen LogP contribution in [0.5, 0.6) is 17.2 Å². The molecule has 3 nitrogen and oxygen atoms in total. The molecule has 0 bridgehead atoms. The zero-order valence-electron chi connectivity index (χ0n) is 24.3. The lowest BCUT2D eigenvalue weighted by Gasteiger charge is -2.36. The van der Waals surface area contributed by atoms with E-state index in [1.807, 2.05) is 0 Å². The van der Waals surface area contributed by atoms with Crippen LogP contribution in [0.4, 0.5) is 0 Å². The van der Waals surface area contributed by atoms with Gasteiger partial charge >= 0.3 is 0 Å². The number of hydrogen-bond acceptors (Lipinski definition) is 2. The van der Waals surface area contributed by atoms with Crippen molar-refractivity contribution in [3.8, 4) is 17.2 Å². The summed E-state index contributed by atoms with van der Waals surface area (Å²) >= 11 is 0. The Morgan fingerprint density at radius 1 is 0.811 bits per heavy atom. The summed E-state index contributed by atoms with van der Waals surface area (Å²) in [5.74, 6) is 2.73. The molecule has 0 amide bonds. The molecule has 196 valence electrons. The van der Waals surface area contributed by atoms with Crippen LogP contribution in [-0.2, 0) is 12.0 Å². The van der Waals surface area contributed by atoms with Crippen molar-refractivity contribution >= 4 is 19.2 Å². The lowest BCUT2D eigenvalue weighted by molar-refractivity contribution is 0.455. The standard InChI is InChI=1S/C33H43NO2Si/c1-23-16-19-30(28(20-23)32(3,4)5)35-26-17-18-29-27(21-26)31(36-37(9,10)33(6,7)8)24(2)34(29)22-25-14-12-11-13-15-25/h11-21H,22H2,1-10H3. The second-order valence-corrected chi connectivity index (χ2v) is 17.6. The monoisotopic (exact) mass is 513 g/mol. The number of ether oxygens (including phenoxy) is 1. The second kappa shape index (κ2) is 9.72. The molecule has 0 spiro atoms. The molecule has 0 atom stereocenters. The Kier molecular flexibility index (Phi) is 7.11. The van der Waals surface area contributed by atoms with E-state index in [-0.39, 0.29) is 10.5 Å². The summed E-state index contributed by atoms with van der Waals surface area (Å²) in [6.45, 7) is 23.3. The lowest BCUT2D eigenvalue weighted by Crippen LogP contribution is -2.44. The first-order valence-corrected chi connectivity index (χ1v) is 16.2. The Balaban J connectivity index is 1.84. The number of hydrogen-bond donors (Lipinski definition) is 0. The van der Waals surface area contributed by atoms with Gasteiger partial charge in [0.25, 0.3) is 8.32 Å². The van der Waals surface area contributed by atoms with E-state index in [1.165, 1.54) is 22.2 Å². The van der Waals surface area contributed by atoms with E-state index in [1.54, 1.807) is 0 Å². The summed E-state index contributed by atoms with van der Waals surface area (Å²) in [5.41, 5.74) is 6.04. The molecule has 0 radical (unpaired) electrons. The van der Waals surface area contributed by atoms with Crippen LogP contribution in [0.15, 0.2) is 66.7 Å². The van der Waals surface area contributed by atoms with Crippen LogP contribution >= 0.6 is 0 Å². The van der Waals surface area contributed by atoms with E-state index in [0.717, 1.165) is 34.9 Å². The number of nitrogens with zero attached hydrogens (tertiary/aromatic N) is 1. The molecule has 4 aromatic rings. The van der Waals surface area contributed by atoms with E-state index in [4.69, 9.17) is 9.16 Å². The SMILES string of the molecule is Cc1ccc(Oc2ccc3c(c2)c(O[Si](C)(C)C(C)(C)C)c(C)n3Cc2ccccc2)c(C(C)(C)C)c1. The smallest absolute Gasteiger partial charge is 0.250 e. The van der Waals surface area contributed by atoms with Gasteiger partial charge in [0.15, 0.2) is 0 Å². The van der Waals surface area contributed by atoms with Gasteiger partial charge in [0, 0.05) is 17.5 Å². The van der Waals surface area contributed by atoms with Crippen molar-refractivity contribution in [1.82, 2.24) is 4.57 Å². The summed E-state index contributed by atoms with van der Waals surface area (Å²) < 4.78 is 15.9. The van der Waals surface area contributed by atoms with Gasteiger partial charge in [-0.25, -0.2) is 0 Å². The Bertz CT molecular complexity index is 1400. The second-order valence-electron chi connectivity index (χ2n) is 12.9. The van der Waals surface area contributed by atoms with Gasteiger partial charge in [0.1, 0.15) is 17.2 Å². The van der Waals surface area contributed by atoms with Crippen LogP contribution in [0.3, 0.4) is 0 Å². The molecular formula is C33H43NO2Si. The third kappa shape index (κ3) is 5.64. The summed E-state index contributed by atoms with van der Waals surface area (Å²) in [5, 5.41) is 1.21. The fraction of sp³-hybridized carbons (Fsp3) is 0.394. The Hall–Kier alpha value is -2.98. The average Bonchev–Trinajstić information content (AvgIpc) is 3.04. The van der Waals surface area contributed by atoms with Crippen LogP contribution in [0, 0.1) is 13.8 Å². The van der Waals surface area contributed by atoms with Gasteiger partial charge in [-0.3, -0.25) is 0 Å². The first-order chi connectivity index (χ1) is 17.2. The molecule has 0 aliphatic rings. The van der Waals surface area contributed by atoms with Gasteiger partial charge in [0.05, 0.1) is 11.2 Å². The molecule has 4 rings (SSSR count). The van der Waals surface area contributed by atoms with E-state index in [9.17, 15) is 0 Å². The van der Waals surface area contributed by atoms with E-state index >= 15 is 0 Å². The number of aromatic nitrogens is 1. The number of aryl methyl sites for hydroxylation is 1. The van der Waals surface area contributed by atoms with Crippen LogP contribution < -0.4 is 9.16 Å². The molecule has 37 heavy (non-hydrogen) atoms. The van der Waals surface area contributed by atoms with Gasteiger partial charge in [0.2, 0.25) is 0 Å². The molecule has 0 saturated heterocycles. The third-order valence-corrected chi connectivity index (χ3v) is 12.1. The van der Waals surface area contributed by atoms with Gasteiger partial charge in [-0.15, -0.1) is 0 Å². The summed E-state index contributed by atoms with van der Waals surface area (Å²) in [6, 6.07) is 23.5. The molecule has 3 aromatic carbocycles. The molecule has 0 saturated carbocycles. The molecule has 0 aliphatic heterocycles. The van der Waals surface area contributed by atoms with Crippen LogP contribution in [0.1, 0.15) is 63.9 Å². The van der Waals surface area contributed by atoms with Crippen LogP contribution in [-0.4, -0.2) is 12.9 Å². The van der Waals surface area contributed by atoms with Crippen LogP contribution in [0.2, 0.25) is 18.1 Å². The molecule has 0 aliphatic carbocycles. The third-order valence-electron chi connectivity index (χ3n) is 7.75. The van der Waals surface area contributed by atoms with Gasteiger partial charge in [-0.2, -0.15) is 0 Å². The molecule has 4 heteroatoms. The minimum Gasteiger partial charge on any atom is -0.542 e. The largest absolute Gasteiger partial charge is 0.542 e. The number of fused-ring (bicyclic) bond motifs is 1. The van der Waals surface area contributed by atoms with Crippen molar-refractivity contribution in [2.75, 3.05) is 0 Å². The van der Waals surface area contributed by atoms with Crippen molar-refractivity contribution in [3.63, 3.8) is 0 Å². The Morgan fingerprint density at radius 3 is 2.11 bits per heavy atom. The Morgan fingerprint density at radius 2 is 1.49 bits per heavy atom. The number of rotatable bonds is 6. The van der Waals surface area contributed by atoms with E-state index in [2.05, 4.69) is 140 Å². The van der Waals surface area contributed by atoms with Crippen molar-refractivity contribution in [3.05, 3.63) is 89.1 Å². The highest BCUT2D eigenvalue weighted by molar-refractivity contribution is 6.74. The summed E-state index contributed by atoms with van der Waals surface area (Å²) in [7, 11) is -2.06. The zero-order valence-corrected chi connectivity index (χ0v) is 25.3. The summed E-state index contributed by atoms with van der Waals surface area (Å²) in [4.78, 5) is 0. The van der Waals surface area contributed by atoms with Crippen LogP contribution in [0.25, 0.3) is 10.9 Å². The van der Waals surface area contributed by atoms with Crippen molar-refractivity contribution in [2.24, 2.45) is 0 Å². The maximum absolute atomic E-state index is 6.99. The maximum atomic E-state index is 6.99. The molecule has 0 fully saturated rings. The molecular weight excluding hydrogens is 470 g/mol. The molecule has 1 aromatic heterocycles. The highest BCUT2D eigenvalue weighted by Crippen LogP contribution is 2.43. The molecule has 1 heterocycles. The number of benzene rings is 3.